The number of benzene rings is 1. The molecular weight excluding hydrogens is 293 g/mol. The third kappa shape index (κ3) is 3.86. The molecule has 1 aromatic carbocycles. The largest absolute Gasteiger partial charge is 0.354 e. The topological polar surface area (TPSA) is 45.2 Å². The number of halogens is 1. The predicted molar refractivity (Wildman–Crippen MR) is 88.2 cm³/mol. The summed E-state index contributed by atoms with van der Waals surface area (Å²) in [5.74, 6) is 0.378. The zero-order valence-electron chi connectivity index (χ0n) is 13.1. The zero-order chi connectivity index (χ0) is 16.2. The van der Waals surface area contributed by atoms with E-state index in [4.69, 9.17) is 0 Å². The molecule has 2 heterocycles. The maximum absolute atomic E-state index is 13.2. The molecular formula is C18H20FN3O. The van der Waals surface area contributed by atoms with E-state index in [1.54, 1.807) is 30.6 Å². The minimum Gasteiger partial charge on any atom is -0.354 e. The summed E-state index contributed by atoms with van der Waals surface area (Å²) < 4.78 is 13.2. The maximum Gasteiger partial charge on any atom is 0.255 e. The van der Waals surface area contributed by atoms with Crippen LogP contribution in [0.1, 0.15) is 30.1 Å². The fourth-order valence-electron chi connectivity index (χ4n) is 2.75. The monoisotopic (exact) mass is 313 g/mol. The summed E-state index contributed by atoms with van der Waals surface area (Å²) in [6, 6.07) is 7.96. The molecule has 0 radical (unpaired) electrons. The van der Waals surface area contributed by atoms with Crippen molar-refractivity contribution in [1.29, 1.82) is 0 Å². The standard InChI is InChI=1S/C18H20FN3O/c1-13-5-7-22(8-6-13)18(23)14-9-17(12-20-11-14)21-16-4-2-3-15(19)10-16/h2-4,9-13,21H,5-8H2,1H3. The number of anilines is 2. The van der Waals surface area contributed by atoms with Crippen molar-refractivity contribution in [2.24, 2.45) is 5.92 Å². The number of pyridine rings is 1. The van der Waals surface area contributed by atoms with Crippen LogP contribution in [0.4, 0.5) is 15.8 Å². The molecule has 1 amide bonds. The number of rotatable bonds is 3. The van der Waals surface area contributed by atoms with Gasteiger partial charge in [0.15, 0.2) is 0 Å². The Morgan fingerprint density at radius 1 is 1.22 bits per heavy atom. The van der Waals surface area contributed by atoms with Crippen LogP contribution in [0.25, 0.3) is 0 Å². The Bertz CT molecular complexity index is 696. The van der Waals surface area contributed by atoms with Gasteiger partial charge in [-0.2, -0.15) is 0 Å². The van der Waals surface area contributed by atoms with Crippen molar-refractivity contribution in [3.8, 4) is 0 Å². The lowest BCUT2D eigenvalue weighted by atomic mass is 9.99. The molecule has 23 heavy (non-hydrogen) atoms. The highest BCUT2D eigenvalue weighted by Crippen LogP contribution is 2.21. The summed E-state index contributed by atoms with van der Waals surface area (Å²) in [7, 11) is 0. The molecule has 120 valence electrons. The first-order valence-electron chi connectivity index (χ1n) is 7.89. The SMILES string of the molecule is CC1CCN(C(=O)c2cncc(Nc3cccc(F)c3)c2)CC1. The van der Waals surface area contributed by atoms with E-state index in [0.717, 1.165) is 25.9 Å². The average molecular weight is 313 g/mol. The van der Waals surface area contributed by atoms with E-state index < -0.39 is 0 Å². The lowest BCUT2D eigenvalue weighted by molar-refractivity contribution is 0.0697. The van der Waals surface area contributed by atoms with Crippen LogP contribution in [0.3, 0.4) is 0 Å². The van der Waals surface area contributed by atoms with E-state index in [1.165, 1.54) is 12.1 Å². The van der Waals surface area contributed by atoms with E-state index in [0.29, 0.717) is 22.9 Å². The van der Waals surface area contributed by atoms with Gasteiger partial charge in [-0.05, 0) is 43.0 Å². The lowest BCUT2D eigenvalue weighted by Crippen LogP contribution is -2.37. The molecule has 0 saturated carbocycles. The fraction of sp³-hybridized carbons (Fsp3) is 0.333. The van der Waals surface area contributed by atoms with Crippen molar-refractivity contribution in [1.82, 2.24) is 9.88 Å². The number of carbonyl (C=O) groups excluding carboxylic acids is 1. The first-order chi connectivity index (χ1) is 11.1. The van der Waals surface area contributed by atoms with E-state index >= 15 is 0 Å². The molecule has 1 fully saturated rings. The highest BCUT2D eigenvalue weighted by atomic mass is 19.1. The van der Waals surface area contributed by atoms with Crippen LogP contribution in [0.15, 0.2) is 42.7 Å². The van der Waals surface area contributed by atoms with Gasteiger partial charge in [0.25, 0.3) is 5.91 Å². The van der Waals surface area contributed by atoms with Gasteiger partial charge in [-0.3, -0.25) is 9.78 Å². The van der Waals surface area contributed by atoms with Crippen LogP contribution < -0.4 is 5.32 Å². The molecule has 0 atom stereocenters. The van der Waals surface area contributed by atoms with Gasteiger partial charge in [-0.15, -0.1) is 0 Å². The Morgan fingerprint density at radius 3 is 2.74 bits per heavy atom. The third-order valence-electron chi connectivity index (χ3n) is 4.17. The molecule has 1 aliphatic heterocycles. The molecule has 1 N–H and O–H groups in total. The Balaban J connectivity index is 1.73. The van der Waals surface area contributed by atoms with Gasteiger partial charge in [-0.1, -0.05) is 13.0 Å². The number of nitrogens with one attached hydrogen (secondary N) is 1. The van der Waals surface area contributed by atoms with Gasteiger partial charge in [0, 0.05) is 25.0 Å². The van der Waals surface area contributed by atoms with E-state index in [9.17, 15) is 9.18 Å². The number of carbonyl (C=O) groups is 1. The Labute approximate surface area is 135 Å². The number of likely N-dealkylation sites (tertiary alicyclic amines) is 1. The summed E-state index contributed by atoms with van der Waals surface area (Å²) >= 11 is 0. The van der Waals surface area contributed by atoms with Crippen molar-refractivity contribution < 1.29 is 9.18 Å². The van der Waals surface area contributed by atoms with Crippen molar-refractivity contribution in [3.63, 3.8) is 0 Å². The molecule has 0 unspecified atom stereocenters. The third-order valence-corrected chi connectivity index (χ3v) is 4.17. The van der Waals surface area contributed by atoms with Crippen molar-refractivity contribution in [2.75, 3.05) is 18.4 Å². The van der Waals surface area contributed by atoms with Gasteiger partial charge in [0.2, 0.25) is 0 Å². The molecule has 5 heteroatoms. The quantitative estimate of drug-likeness (QED) is 0.936. The zero-order valence-corrected chi connectivity index (χ0v) is 13.1. The van der Waals surface area contributed by atoms with E-state index in [1.807, 2.05) is 4.90 Å². The van der Waals surface area contributed by atoms with Crippen LogP contribution in [-0.4, -0.2) is 28.9 Å². The first kappa shape index (κ1) is 15.5. The summed E-state index contributed by atoms with van der Waals surface area (Å²) in [6.45, 7) is 3.80. The Hall–Kier alpha value is -2.43. The van der Waals surface area contributed by atoms with Crippen molar-refractivity contribution in [3.05, 3.63) is 54.1 Å². The molecule has 3 rings (SSSR count). The number of hydrogen-bond donors (Lipinski definition) is 1. The summed E-state index contributed by atoms with van der Waals surface area (Å²) in [5, 5.41) is 3.08. The molecule has 2 aromatic rings. The molecule has 1 aliphatic rings. The van der Waals surface area contributed by atoms with Gasteiger partial charge >= 0.3 is 0 Å². The number of aromatic nitrogens is 1. The number of nitrogens with zero attached hydrogens (tertiary/aromatic N) is 2. The molecule has 1 aromatic heterocycles. The maximum atomic E-state index is 13.2. The highest BCUT2D eigenvalue weighted by molar-refractivity contribution is 5.95. The molecule has 0 aliphatic carbocycles. The van der Waals surface area contributed by atoms with Gasteiger partial charge < -0.3 is 10.2 Å². The second kappa shape index (κ2) is 6.77. The summed E-state index contributed by atoms with van der Waals surface area (Å²) in [6.07, 6.45) is 5.29. The Kier molecular flexibility index (Phi) is 4.55. The molecule has 1 saturated heterocycles. The van der Waals surface area contributed by atoms with Crippen LogP contribution in [0.5, 0.6) is 0 Å². The van der Waals surface area contributed by atoms with Gasteiger partial charge in [0.05, 0.1) is 17.4 Å². The highest BCUT2D eigenvalue weighted by Gasteiger charge is 2.21. The van der Waals surface area contributed by atoms with Gasteiger partial charge in [-0.25, -0.2) is 4.39 Å². The number of amides is 1. The van der Waals surface area contributed by atoms with Crippen LogP contribution in [0.2, 0.25) is 0 Å². The average Bonchev–Trinajstić information content (AvgIpc) is 2.55. The summed E-state index contributed by atoms with van der Waals surface area (Å²) in [5.41, 5.74) is 1.86. The van der Waals surface area contributed by atoms with Crippen LogP contribution in [0, 0.1) is 11.7 Å². The first-order valence-corrected chi connectivity index (χ1v) is 7.89. The van der Waals surface area contributed by atoms with Gasteiger partial charge in [0.1, 0.15) is 5.82 Å². The molecule has 4 nitrogen and oxygen atoms in total. The fourth-order valence-corrected chi connectivity index (χ4v) is 2.75. The second-order valence-electron chi connectivity index (χ2n) is 6.07. The minimum atomic E-state index is -0.308. The number of hydrogen-bond acceptors (Lipinski definition) is 3. The smallest absolute Gasteiger partial charge is 0.255 e. The second-order valence-corrected chi connectivity index (χ2v) is 6.07. The van der Waals surface area contributed by atoms with Crippen molar-refractivity contribution in [2.45, 2.75) is 19.8 Å². The van der Waals surface area contributed by atoms with Crippen LogP contribution in [-0.2, 0) is 0 Å². The minimum absolute atomic E-state index is 0.00675. The van der Waals surface area contributed by atoms with Crippen LogP contribution >= 0.6 is 0 Å². The van der Waals surface area contributed by atoms with E-state index in [-0.39, 0.29) is 11.7 Å². The molecule has 0 spiro atoms. The van der Waals surface area contributed by atoms with Crippen molar-refractivity contribution >= 4 is 17.3 Å². The Morgan fingerprint density at radius 2 is 2.00 bits per heavy atom. The number of piperidine rings is 1. The normalized spacial score (nSPS) is 15.5. The predicted octanol–water partition coefficient (Wildman–Crippen LogP) is 3.84. The lowest BCUT2D eigenvalue weighted by Gasteiger charge is -2.30. The van der Waals surface area contributed by atoms with E-state index in [2.05, 4.69) is 17.2 Å². The summed E-state index contributed by atoms with van der Waals surface area (Å²) in [4.78, 5) is 18.6. The molecule has 0 bridgehead atoms.